The Hall–Kier alpha value is -1.51. The van der Waals surface area contributed by atoms with Crippen molar-refractivity contribution in [1.82, 2.24) is 4.31 Å². The first kappa shape index (κ1) is 36.7. The lowest BCUT2D eigenvalue weighted by molar-refractivity contribution is 0.116. The molecule has 42 heavy (non-hydrogen) atoms. The summed E-state index contributed by atoms with van der Waals surface area (Å²) in [5.41, 5.74) is 7.08. The second kappa shape index (κ2) is 15.5. The Morgan fingerprint density at radius 1 is 0.786 bits per heavy atom. The predicted octanol–water partition coefficient (Wildman–Crippen LogP) is 5.90. The molecule has 0 aliphatic heterocycles. The molecule has 0 amide bonds. The summed E-state index contributed by atoms with van der Waals surface area (Å²) >= 11 is 22.7. The number of hydrogen-bond acceptors (Lipinski definition) is 8. The second-order valence-electron chi connectivity index (χ2n) is 9.55. The first-order valence-electron chi connectivity index (χ1n) is 12.1. The Morgan fingerprint density at radius 2 is 1.21 bits per heavy atom. The second-order valence-corrected chi connectivity index (χ2v) is 15.7. The van der Waals surface area contributed by atoms with E-state index in [0.29, 0.717) is 6.42 Å². The number of aliphatic hydroxyl groups excluding tert-OH is 1. The van der Waals surface area contributed by atoms with Crippen LogP contribution in [-0.4, -0.2) is 61.7 Å². The molecule has 0 aliphatic rings. The number of rotatable bonds is 10. The smallest absolute Gasteiger partial charge is 0.261 e. The molecule has 0 fully saturated rings. The van der Waals surface area contributed by atoms with E-state index in [1.54, 1.807) is 0 Å². The van der Waals surface area contributed by atoms with Gasteiger partial charge in [-0.25, -0.2) is 16.8 Å². The molecule has 2 atom stereocenters. The molecule has 0 radical (unpaired) electrons. The molecule has 9 nitrogen and oxygen atoms in total. The van der Waals surface area contributed by atoms with Gasteiger partial charge in [0.25, 0.3) is 9.05 Å². The van der Waals surface area contributed by atoms with E-state index in [1.807, 2.05) is 44.2 Å². The Bertz CT molecular complexity index is 1550. The first-order valence-corrected chi connectivity index (χ1v) is 17.4. The van der Waals surface area contributed by atoms with E-state index in [2.05, 4.69) is 0 Å². The lowest BCUT2D eigenvalue weighted by Crippen LogP contribution is -2.47. The summed E-state index contributed by atoms with van der Waals surface area (Å²) < 4.78 is 49.2. The third-order valence-corrected chi connectivity index (χ3v) is 9.96. The SMILES string of the molecule is CC(C)CN(C[C@@H](O)[C@@H](N)Cc1ccccc1)S(=O)(=O)c1cc(Cl)c(O)c(Cl)c1.O=S(=O)(Cl)c1cc(Cl)c(O)c(Cl)c1. The normalized spacial score (nSPS) is 13.5. The number of aromatic hydroxyl groups is 2. The zero-order chi connectivity index (χ0) is 32.0. The average molecular weight is 723 g/mol. The maximum atomic E-state index is 13.2. The maximum absolute atomic E-state index is 13.2. The average Bonchev–Trinajstić information content (AvgIpc) is 2.89. The number of phenolic OH excluding ortho intramolecular Hbond substituents is 2. The molecule has 232 valence electrons. The molecule has 0 unspecified atom stereocenters. The molecule has 3 aromatic rings. The minimum atomic E-state index is -4.02. The van der Waals surface area contributed by atoms with Gasteiger partial charge in [0, 0.05) is 29.8 Å². The highest BCUT2D eigenvalue weighted by Crippen LogP contribution is 2.36. The molecular weight excluding hydrogens is 694 g/mol. The van der Waals surface area contributed by atoms with Crippen LogP contribution < -0.4 is 5.73 Å². The van der Waals surface area contributed by atoms with Gasteiger partial charge in [0.15, 0.2) is 11.5 Å². The number of benzene rings is 3. The van der Waals surface area contributed by atoms with Crippen LogP contribution in [0, 0.1) is 5.92 Å². The van der Waals surface area contributed by atoms with Crippen molar-refractivity contribution in [2.45, 2.75) is 42.2 Å². The Morgan fingerprint density at radius 3 is 1.62 bits per heavy atom. The van der Waals surface area contributed by atoms with Gasteiger partial charge in [-0.1, -0.05) is 90.6 Å². The Kier molecular flexibility index (Phi) is 13.5. The largest absolute Gasteiger partial charge is 0.505 e. The molecule has 0 saturated heterocycles. The molecule has 0 aliphatic carbocycles. The van der Waals surface area contributed by atoms with Crippen LogP contribution in [0.1, 0.15) is 19.4 Å². The highest BCUT2D eigenvalue weighted by molar-refractivity contribution is 8.13. The predicted molar refractivity (Wildman–Crippen MR) is 167 cm³/mol. The fraction of sp³-hybridized carbons (Fsp3) is 0.308. The fourth-order valence-electron chi connectivity index (χ4n) is 3.57. The van der Waals surface area contributed by atoms with Crippen molar-refractivity contribution in [3.63, 3.8) is 0 Å². The van der Waals surface area contributed by atoms with E-state index in [4.69, 9.17) is 67.9 Å². The Labute approximate surface area is 269 Å². The van der Waals surface area contributed by atoms with Crippen molar-refractivity contribution < 1.29 is 32.2 Å². The van der Waals surface area contributed by atoms with Crippen molar-refractivity contribution in [1.29, 1.82) is 0 Å². The van der Waals surface area contributed by atoms with E-state index >= 15 is 0 Å². The van der Waals surface area contributed by atoms with E-state index < -0.39 is 31.2 Å². The Balaban J connectivity index is 0.000000395. The molecule has 0 bridgehead atoms. The standard InChI is InChI=1S/C20H26Cl2N2O4S.C6H3Cl3O3S/c1-13(2)11-24(12-19(25)18(23)8-14-6-4-3-5-7-14)29(27,28)15-9-16(21)20(26)17(22)10-15;7-4-1-3(13(9,11)12)2-5(8)6(4)10/h3-7,9-10,13,18-19,25-26H,8,11-12,23H2,1-2H3;1-2,10H/t18-,19+;/m0./s1. The molecule has 3 aromatic carbocycles. The molecule has 3 rings (SSSR count). The topological polar surface area (TPSA) is 158 Å². The van der Waals surface area contributed by atoms with Crippen molar-refractivity contribution in [3.05, 3.63) is 80.3 Å². The third kappa shape index (κ3) is 10.3. The van der Waals surface area contributed by atoms with Gasteiger partial charge in [0.1, 0.15) is 0 Å². The van der Waals surface area contributed by atoms with Crippen LogP contribution in [0.25, 0.3) is 0 Å². The number of phenols is 2. The maximum Gasteiger partial charge on any atom is 0.261 e. The van der Waals surface area contributed by atoms with Crippen LogP contribution in [0.15, 0.2) is 64.4 Å². The van der Waals surface area contributed by atoms with Crippen LogP contribution >= 0.6 is 57.1 Å². The van der Waals surface area contributed by atoms with Crippen molar-refractivity contribution >= 4 is 76.2 Å². The van der Waals surface area contributed by atoms with Gasteiger partial charge in [-0.15, -0.1) is 0 Å². The minimum absolute atomic E-state index is 0.00498. The summed E-state index contributed by atoms with van der Waals surface area (Å²) in [6.45, 7) is 3.74. The van der Waals surface area contributed by atoms with Gasteiger partial charge in [-0.3, -0.25) is 0 Å². The quantitative estimate of drug-likeness (QED) is 0.188. The molecule has 0 heterocycles. The molecule has 0 aromatic heterocycles. The molecule has 5 N–H and O–H groups in total. The molecular formula is C26H29Cl5N2O7S2. The van der Waals surface area contributed by atoms with Gasteiger partial charge < -0.3 is 21.1 Å². The van der Waals surface area contributed by atoms with Gasteiger partial charge >= 0.3 is 0 Å². The highest BCUT2D eigenvalue weighted by Gasteiger charge is 2.30. The summed E-state index contributed by atoms with van der Waals surface area (Å²) in [7, 11) is -2.87. The minimum Gasteiger partial charge on any atom is -0.505 e. The van der Waals surface area contributed by atoms with E-state index in [-0.39, 0.29) is 60.4 Å². The summed E-state index contributed by atoms with van der Waals surface area (Å²) in [5.74, 6) is -0.745. The monoisotopic (exact) mass is 720 g/mol. The summed E-state index contributed by atoms with van der Waals surface area (Å²) in [6.07, 6.45) is -0.666. The van der Waals surface area contributed by atoms with E-state index in [0.717, 1.165) is 29.8 Å². The van der Waals surface area contributed by atoms with Gasteiger partial charge in [0.05, 0.1) is 36.0 Å². The van der Waals surface area contributed by atoms with Crippen molar-refractivity contribution in [3.8, 4) is 11.5 Å². The van der Waals surface area contributed by atoms with Crippen LogP contribution in [0.5, 0.6) is 11.5 Å². The number of nitrogens with zero attached hydrogens (tertiary/aromatic N) is 1. The van der Waals surface area contributed by atoms with Gasteiger partial charge in [-0.05, 0) is 42.2 Å². The fourth-order valence-corrected chi connectivity index (χ4v) is 7.26. The zero-order valence-electron chi connectivity index (χ0n) is 22.3. The lowest BCUT2D eigenvalue weighted by atomic mass is 10.0. The summed E-state index contributed by atoms with van der Waals surface area (Å²) in [5, 5.41) is 28.8. The third-order valence-electron chi connectivity index (χ3n) is 5.67. The van der Waals surface area contributed by atoms with Crippen LogP contribution in [0.2, 0.25) is 20.1 Å². The highest BCUT2D eigenvalue weighted by atomic mass is 35.7. The van der Waals surface area contributed by atoms with Crippen LogP contribution in [-0.2, 0) is 25.5 Å². The van der Waals surface area contributed by atoms with Gasteiger partial charge in [0.2, 0.25) is 10.0 Å². The van der Waals surface area contributed by atoms with E-state index in [9.17, 15) is 27.0 Å². The first-order chi connectivity index (χ1) is 19.3. The lowest BCUT2D eigenvalue weighted by Gasteiger charge is -2.29. The molecule has 16 heteroatoms. The summed E-state index contributed by atoms with van der Waals surface area (Å²) in [4.78, 5) is -0.406. The molecule has 0 spiro atoms. The number of nitrogens with two attached hydrogens (primary N) is 1. The van der Waals surface area contributed by atoms with Crippen molar-refractivity contribution in [2.24, 2.45) is 11.7 Å². The van der Waals surface area contributed by atoms with Crippen LogP contribution in [0.4, 0.5) is 0 Å². The summed E-state index contributed by atoms with van der Waals surface area (Å²) in [6, 6.07) is 13.1. The van der Waals surface area contributed by atoms with Crippen molar-refractivity contribution in [2.75, 3.05) is 13.1 Å². The van der Waals surface area contributed by atoms with E-state index in [1.165, 1.54) is 4.31 Å². The zero-order valence-corrected chi connectivity index (χ0v) is 27.7. The number of sulfonamides is 1. The number of halogens is 5. The van der Waals surface area contributed by atoms with Crippen LogP contribution in [0.3, 0.4) is 0 Å². The number of hydrogen-bond donors (Lipinski definition) is 4. The number of aliphatic hydroxyl groups is 1. The molecule has 0 saturated carbocycles. The van der Waals surface area contributed by atoms with Gasteiger partial charge in [-0.2, -0.15) is 4.31 Å².